The molecule has 0 spiro atoms. The topological polar surface area (TPSA) is 6.48 Å². The van der Waals surface area contributed by atoms with Gasteiger partial charge in [0, 0.05) is 12.1 Å². The third-order valence-electron chi connectivity index (χ3n) is 3.74. The quantitative estimate of drug-likeness (QED) is 0.541. The molecule has 0 aromatic carbocycles. The van der Waals surface area contributed by atoms with Crippen molar-refractivity contribution in [3.05, 3.63) is 0 Å². The smallest absolute Gasteiger partial charge is 0.0624 e. The van der Waals surface area contributed by atoms with Crippen LogP contribution >= 0.6 is 0 Å². The van der Waals surface area contributed by atoms with Crippen LogP contribution in [0.25, 0.3) is 0 Å². The first-order chi connectivity index (χ1) is 5.61. The Labute approximate surface area is 75.5 Å². The van der Waals surface area contributed by atoms with Gasteiger partial charge in [0.05, 0.1) is 6.17 Å². The molecule has 1 atom stereocenters. The molecular weight excluding hydrogens is 148 g/mol. The number of hydrogen-bond acceptors (Lipinski definition) is 2. The van der Waals surface area contributed by atoms with E-state index in [-0.39, 0.29) is 0 Å². The summed E-state index contributed by atoms with van der Waals surface area (Å²) >= 11 is 0. The van der Waals surface area contributed by atoms with Crippen LogP contribution in [0.15, 0.2) is 0 Å². The van der Waals surface area contributed by atoms with Crippen LogP contribution in [0, 0.1) is 0 Å². The van der Waals surface area contributed by atoms with E-state index in [9.17, 15) is 0 Å². The van der Waals surface area contributed by atoms with E-state index in [0.717, 1.165) is 6.17 Å². The lowest BCUT2D eigenvalue weighted by Gasteiger charge is -2.48. The maximum atomic E-state index is 2.63. The maximum Gasteiger partial charge on any atom is 0.0624 e. The molecule has 0 aromatic heterocycles. The Hall–Kier alpha value is -0.0800. The van der Waals surface area contributed by atoms with Gasteiger partial charge in [0.2, 0.25) is 0 Å². The van der Waals surface area contributed by atoms with Crippen LogP contribution in [0.5, 0.6) is 0 Å². The van der Waals surface area contributed by atoms with Crippen molar-refractivity contribution in [2.45, 2.75) is 44.8 Å². The minimum Gasteiger partial charge on any atom is -0.288 e. The highest BCUT2D eigenvalue weighted by Crippen LogP contribution is 2.32. The lowest BCUT2D eigenvalue weighted by Crippen LogP contribution is -2.58. The second-order valence-corrected chi connectivity index (χ2v) is 4.83. The largest absolute Gasteiger partial charge is 0.288 e. The van der Waals surface area contributed by atoms with Gasteiger partial charge >= 0.3 is 0 Å². The molecule has 1 unspecified atom stereocenters. The summed E-state index contributed by atoms with van der Waals surface area (Å²) in [6.07, 6.45) is 4.83. The standard InChI is InChI=1S/C10H20N2/c1-10(2)6-8-12-7-4-5-9(12)11(10)3/h9H,4-8H2,1-3H3. The molecule has 2 aliphatic heterocycles. The number of rotatable bonds is 0. The minimum atomic E-state index is 0.422. The summed E-state index contributed by atoms with van der Waals surface area (Å²) in [6, 6.07) is 0. The van der Waals surface area contributed by atoms with E-state index in [0.29, 0.717) is 5.54 Å². The van der Waals surface area contributed by atoms with Crippen LogP contribution < -0.4 is 0 Å². The van der Waals surface area contributed by atoms with Gasteiger partial charge in [-0.3, -0.25) is 9.80 Å². The van der Waals surface area contributed by atoms with Crippen molar-refractivity contribution < 1.29 is 0 Å². The van der Waals surface area contributed by atoms with Crippen LogP contribution in [0.4, 0.5) is 0 Å². The fraction of sp³-hybridized carbons (Fsp3) is 1.00. The predicted octanol–water partition coefficient (Wildman–Crippen LogP) is 1.52. The molecule has 0 aliphatic carbocycles. The Morgan fingerprint density at radius 2 is 2.00 bits per heavy atom. The summed E-state index contributed by atoms with van der Waals surface area (Å²) < 4.78 is 0. The summed E-state index contributed by atoms with van der Waals surface area (Å²) in [5.74, 6) is 0. The molecule has 2 heteroatoms. The molecule has 0 saturated carbocycles. The lowest BCUT2D eigenvalue weighted by molar-refractivity contribution is -0.0312. The van der Waals surface area contributed by atoms with Gasteiger partial charge < -0.3 is 0 Å². The van der Waals surface area contributed by atoms with Gasteiger partial charge in [-0.2, -0.15) is 0 Å². The monoisotopic (exact) mass is 168 g/mol. The fourth-order valence-corrected chi connectivity index (χ4v) is 2.50. The normalized spacial score (nSPS) is 36.8. The van der Waals surface area contributed by atoms with Gasteiger partial charge in [-0.1, -0.05) is 0 Å². The van der Waals surface area contributed by atoms with E-state index in [1.54, 1.807) is 0 Å². The Morgan fingerprint density at radius 1 is 1.25 bits per heavy atom. The molecule has 2 rings (SSSR count). The SMILES string of the molecule is CN1C2CCCN2CCC1(C)C. The molecule has 2 nitrogen and oxygen atoms in total. The minimum absolute atomic E-state index is 0.422. The van der Waals surface area contributed by atoms with Gasteiger partial charge in [-0.25, -0.2) is 0 Å². The van der Waals surface area contributed by atoms with Crippen LogP contribution in [0.3, 0.4) is 0 Å². The molecule has 12 heavy (non-hydrogen) atoms. The zero-order chi connectivity index (χ0) is 8.77. The van der Waals surface area contributed by atoms with E-state index >= 15 is 0 Å². The Kier molecular flexibility index (Phi) is 1.92. The summed E-state index contributed by atoms with van der Waals surface area (Å²) in [5, 5.41) is 0. The third kappa shape index (κ3) is 1.17. The van der Waals surface area contributed by atoms with E-state index in [1.165, 1.54) is 32.4 Å². The molecule has 2 heterocycles. The summed E-state index contributed by atoms with van der Waals surface area (Å²) in [6.45, 7) is 7.36. The molecule has 2 fully saturated rings. The zero-order valence-electron chi connectivity index (χ0n) is 8.51. The molecule has 0 aromatic rings. The first-order valence-corrected chi connectivity index (χ1v) is 5.08. The number of fused-ring (bicyclic) bond motifs is 1. The van der Waals surface area contributed by atoms with Crippen molar-refractivity contribution >= 4 is 0 Å². The Bertz CT molecular complexity index is 177. The lowest BCUT2D eigenvalue weighted by atomic mass is 9.94. The van der Waals surface area contributed by atoms with Crippen molar-refractivity contribution in [1.82, 2.24) is 9.80 Å². The van der Waals surface area contributed by atoms with Crippen molar-refractivity contribution in [1.29, 1.82) is 0 Å². The van der Waals surface area contributed by atoms with Gasteiger partial charge in [0.15, 0.2) is 0 Å². The third-order valence-corrected chi connectivity index (χ3v) is 3.74. The van der Waals surface area contributed by atoms with Crippen molar-refractivity contribution in [3.63, 3.8) is 0 Å². The molecule has 0 bridgehead atoms. The Morgan fingerprint density at radius 3 is 2.75 bits per heavy atom. The average Bonchev–Trinajstić information content (AvgIpc) is 2.45. The van der Waals surface area contributed by atoms with Crippen molar-refractivity contribution in [2.75, 3.05) is 20.1 Å². The van der Waals surface area contributed by atoms with Crippen LogP contribution in [0.2, 0.25) is 0 Å². The van der Waals surface area contributed by atoms with Gasteiger partial charge in [-0.05, 0) is 46.7 Å². The highest BCUT2D eigenvalue weighted by atomic mass is 15.4. The van der Waals surface area contributed by atoms with E-state index in [2.05, 4.69) is 30.7 Å². The van der Waals surface area contributed by atoms with Gasteiger partial charge in [-0.15, -0.1) is 0 Å². The Balaban J connectivity index is 2.13. The van der Waals surface area contributed by atoms with Crippen molar-refractivity contribution in [3.8, 4) is 0 Å². The van der Waals surface area contributed by atoms with Crippen LogP contribution in [0.1, 0.15) is 33.1 Å². The van der Waals surface area contributed by atoms with Gasteiger partial charge in [0.25, 0.3) is 0 Å². The first kappa shape index (κ1) is 8.52. The molecule has 2 aliphatic rings. The predicted molar refractivity (Wildman–Crippen MR) is 51.1 cm³/mol. The summed E-state index contributed by atoms with van der Waals surface area (Å²) in [5.41, 5.74) is 0.422. The second-order valence-electron chi connectivity index (χ2n) is 4.83. The second kappa shape index (κ2) is 2.71. The average molecular weight is 168 g/mol. The zero-order valence-corrected chi connectivity index (χ0v) is 8.51. The maximum absolute atomic E-state index is 2.63. The van der Waals surface area contributed by atoms with Crippen molar-refractivity contribution in [2.24, 2.45) is 0 Å². The molecule has 0 amide bonds. The molecule has 70 valence electrons. The van der Waals surface area contributed by atoms with Gasteiger partial charge in [0.1, 0.15) is 0 Å². The van der Waals surface area contributed by atoms with E-state index in [4.69, 9.17) is 0 Å². The first-order valence-electron chi connectivity index (χ1n) is 5.08. The molecule has 2 saturated heterocycles. The summed E-state index contributed by atoms with van der Waals surface area (Å²) in [4.78, 5) is 5.19. The van der Waals surface area contributed by atoms with E-state index in [1.807, 2.05) is 0 Å². The fourth-order valence-electron chi connectivity index (χ4n) is 2.50. The number of nitrogens with zero attached hydrogens (tertiary/aromatic N) is 2. The van der Waals surface area contributed by atoms with E-state index < -0.39 is 0 Å². The number of hydrogen-bond donors (Lipinski definition) is 0. The molecule has 0 N–H and O–H groups in total. The molecular formula is C10H20N2. The highest BCUT2D eigenvalue weighted by Gasteiger charge is 2.39. The summed E-state index contributed by atoms with van der Waals surface area (Å²) in [7, 11) is 2.28. The highest BCUT2D eigenvalue weighted by molar-refractivity contribution is 4.93. The van der Waals surface area contributed by atoms with Crippen LogP contribution in [-0.4, -0.2) is 41.6 Å². The molecule has 0 radical (unpaired) electrons. The van der Waals surface area contributed by atoms with Crippen LogP contribution in [-0.2, 0) is 0 Å².